The molecular formula is C22H22N4O6S2-2. The van der Waals surface area contributed by atoms with Crippen molar-refractivity contribution >= 4 is 22.6 Å². The van der Waals surface area contributed by atoms with E-state index in [-0.39, 0.29) is 13.2 Å². The van der Waals surface area contributed by atoms with Crippen molar-refractivity contribution in [2.75, 3.05) is 0 Å². The molecule has 0 amide bonds. The molecule has 0 spiro atoms. The normalized spacial score (nSPS) is 15.6. The van der Waals surface area contributed by atoms with Crippen molar-refractivity contribution < 1.29 is 26.4 Å². The lowest BCUT2D eigenvalue weighted by atomic mass is 9.98. The van der Waals surface area contributed by atoms with Crippen LogP contribution in [-0.4, -0.2) is 38.1 Å². The minimum absolute atomic E-state index is 0.168. The molecule has 34 heavy (non-hydrogen) atoms. The molecule has 2 aromatic heterocycles. The van der Waals surface area contributed by atoms with Crippen LogP contribution in [0.2, 0.25) is 0 Å². The van der Waals surface area contributed by atoms with Crippen LogP contribution in [0.1, 0.15) is 28.9 Å². The van der Waals surface area contributed by atoms with Crippen LogP contribution < -0.4 is 10.5 Å². The van der Waals surface area contributed by atoms with Crippen LogP contribution in [0.5, 0.6) is 5.88 Å². The first-order chi connectivity index (χ1) is 16.4. The summed E-state index contributed by atoms with van der Waals surface area (Å²) in [6.45, 7) is 0.119. The van der Waals surface area contributed by atoms with Crippen molar-refractivity contribution in [1.82, 2.24) is 14.3 Å². The fraction of sp³-hybridized carbons (Fsp3) is 0.273. The van der Waals surface area contributed by atoms with Crippen LogP contribution in [0, 0.1) is 0 Å². The molecule has 1 aliphatic rings. The first kappa shape index (κ1) is 24.5. The maximum atomic E-state index is 11.6. The Kier molecular flexibility index (Phi) is 8.11. The Labute approximate surface area is 202 Å². The highest BCUT2D eigenvalue weighted by molar-refractivity contribution is 7.76. The molecule has 2 heterocycles. The fourth-order valence-corrected chi connectivity index (χ4v) is 4.64. The zero-order valence-electron chi connectivity index (χ0n) is 18.0. The average molecular weight is 503 g/mol. The largest absolute Gasteiger partial charge is 0.759 e. The van der Waals surface area contributed by atoms with Gasteiger partial charge in [0.15, 0.2) is 6.35 Å². The molecule has 12 heteroatoms. The van der Waals surface area contributed by atoms with Crippen LogP contribution >= 0.6 is 0 Å². The molecule has 3 aromatic rings. The predicted octanol–water partition coefficient (Wildman–Crippen LogP) is 1.86. The zero-order chi connectivity index (χ0) is 24.1. The van der Waals surface area contributed by atoms with Crippen LogP contribution in [-0.2, 0) is 52.8 Å². The molecule has 3 unspecified atom stereocenters. The molecule has 1 aliphatic carbocycles. The topological polar surface area (TPSA) is 154 Å². The summed E-state index contributed by atoms with van der Waals surface area (Å²) in [5, 5.41) is 0. The van der Waals surface area contributed by atoms with Crippen molar-refractivity contribution in [2.24, 2.45) is 5.73 Å². The van der Waals surface area contributed by atoms with E-state index < -0.39 is 29.0 Å². The van der Waals surface area contributed by atoms with E-state index in [1.807, 2.05) is 36.4 Å². The van der Waals surface area contributed by atoms with Gasteiger partial charge in [-0.05, 0) is 59.7 Å². The van der Waals surface area contributed by atoms with Gasteiger partial charge >= 0.3 is 0 Å². The molecule has 0 saturated heterocycles. The Hall–Kier alpha value is -2.58. The molecule has 2 N–H and O–H groups in total. The zero-order valence-corrected chi connectivity index (χ0v) is 19.6. The van der Waals surface area contributed by atoms with E-state index in [0.29, 0.717) is 15.7 Å². The number of aromatic nitrogens is 2. The summed E-state index contributed by atoms with van der Waals surface area (Å²) in [5.41, 5.74) is 10.9. The lowest BCUT2D eigenvalue weighted by Crippen LogP contribution is -2.44. The van der Waals surface area contributed by atoms with Gasteiger partial charge in [0.25, 0.3) is 0 Å². The highest BCUT2D eigenvalue weighted by Gasteiger charge is 2.21. The quantitative estimate of drug-likeness (QED) is 0.323. The summed E-state index contributed by atoms with van der Waals surface area (Å²) in [6, 6.07) is 14.8. The highest BCUT2D eigenvalue weighted by Crippen LogP contribution is 2.35. The number of benzene rings is 1. The van der Waals surface area contributed by atoms with Gasteiger partial charge < -0.3 is 13.8 Å². The van der Waals surface area contributed by atoms with Crippen molar-refractivity contribution in [3.63, 3.8) is 0 Å². The minimum atomic E-state index is -2.96. The van der Waals surface area contributed by atoms with E-state index >= 15 is 0 Å². The summed E-state index contributed by atoms with van der Waals surface area (Å²) in [4.78, 5) is 8.93. The lowest BCUT2D eigenvalue weighted by molar-refractivity contribution is 0.0898. The predicted molar refractivity (Wildman–Crippen MR) is 123 cm³/mol. The number of rotatable bonds is 10. The van der Waals surface area contributed by atoms with Crippen molar-refractivity contribution in [3.8, 4) is 17.0 Å². The number of aryl methyl sites for hydroxylation is 1. The van der Waals surface area contributed by atoms with Crippen molar-refractivity contribution in [3.05, 3.63) is 77.2 Å². The smallest absolute Gasteiger partial charge is 0.214 e. The highest BCUT2D eigenvalue weighted by atomic mass is 32.2. The molecule has 0 aliphatic heterocycles. The number of nitrogens with two attached hydrogens (primary N) is 1. The Morgan fingerprint density at radius 1 is 1.12 bits per heavy atom. The third-order valence-corrected chi connectivity index (χ3v) is 6.42. The molecule has 180 valence electrons. The van der Waals surface area contributed by atoms with Gasteiger partial charge in [0, 0.05) is 35.8 Å². The molecule has 4 rings (SSSR count). The van der Waals surface area contributed by atoms with E-state index in [0.717, 1.165) is 47.3 Å². The van der Waals surface area contributed by atoms with Gasteiger partial charge in [-0.15, -0.1) is 0 Å². The molecule has 3 atom stereocenters. The van der Waals surface area contributed by atoms with Crippen LogP contribution in [0.15, 0.2) is 54.7 Å². The molecule has 0 saturated carbocycles. The van der Waals surface area contributed by atoms with E-state index in [1.54, 1.807) is 18.3 Å². The summed E-state index contributed by atoms with van der Waals surface area (Å²) < 4.78 is 55.7. The van der Waals surface area contributed by atoms with Gasteiger partial charge in [0.05, 0.1) is 17.1 Å². The van der Waals surface area contributed by atoms with Gasteiger partial charge in [0.1, 0.15) is 6.61 Å². The second kappa shape index (κ2) is 11.2. The van der Waals surface area contributed by atoms with Gasteiger partial charge in [-0.25, -0.2) is 9.19 Å². The van der Waals surface area contributed by atoms with Crippen LogP contribution in [0.3, 0.4) is 0 Å². The number of nitrogens with zero attached hydrogens (tertiary/aromatic N) is 3. The van der Waals surface area contributed by atoms with Gasteiger partial charge in [-0.3, -0.25) is 19.1 Å². The number of pyridine rings is 2. The van der Waals surface area contributed by atoms with Gasteiger partial charge in [-0.1, -0.05) is 24.3 Å². The number of fused-ring (bicyclic) bond motifs is 1. The molecule has 1 aromatic carbocycles. The summed E-state index contributed by atoms with van der Waals surface area (Å²) >= 11 is -5.76. The molecule has 10 nitrogen and oxygen atoms in total. The standard InChI is InChI=1S/C22H24N4O6S2/c23-22(32-34(29)30)26(33(27)28)13-15-5-3-6-16(11-15)19-12-21(25-20-9-4-8-18(19)20)31-14-17-7-1-2-10-24-17/h1-3,5-7,10-12,22H,4,8-9,13-14,23H2,(H,27,28)(H,29,30)/p-2. The SMILES string of the molecule is NC(OS(=O)[O-])N(Cc1cccc(-c2cc(OCc3ccccn3)nc3c2CCC3)c1)S(=O)[O-]. The minimum Gasteiger partial charge on any atom is -0.759 e. The van der Waals surface area contributed by atoms with E-state index in [9.17, 15) is 17.5 Å². The maximum Gasteiger partial charge on any atom is 0.214 e. The first-order valence-corrected chi connectivity index (χ1v) is 12.5. The Morgan fingerprint density at radius 3 is 2.71 bits per heavy atom. The van der Waals surface area contributed by atoms with Crippen LogP contribution in [0.4, 0.5) is 0 Å². The lowest BCUT2D eigenvalue weighted by Gasteiger charge is -2.29. The third-order valence-electron chi connectivity index (χ3n) is 5.35. The van der Waals surface area contributed by atoms with Gasteiger partial charge in [0.2, 0.25) is 5.88 Å². The number of ether oxygens (including phenoxy) is 1. The average Bonchev–Trinajstić information content (AvgIpc) is 3.29. The second-order valence-corrected chi connectivity index (χ2v) is 9.08. The van der Waals surface area contributed by atoms with Crippen molar-refractivity contribution in [2.45, 2.75) is 38.8 Å². The maximum absolute atomic E-state index is 11.6. The number of hydrogen-bond donors (Lipinski definition) is 1. The second-order valence-electron chi connectivity index (χ2n) is 7.58. The summed E-state index contributed by atoms with van der Waals surface area (Å²) in [5.74, 6) is 0.488. The third kappa shape index (κ3) is 6.10. The molecular weight excluding hydrogens is 480 g/mol. The number of hydrogen-bond acceptors (Lipinski definition) is 9. The fourth-order valence-electron chi connectivity index (χ4n) is 3.85. The van der Waals surface area contributed by atoms with Crippen LogP contribution in [0.25, 0.3) is 11.1 Å². The van der Waals surface area contributed by atoms with E-state index in [1.165, 1.54) is 0 Å². The Bertz CT molecular complexity index is 1200. The Morgan fingerprint density at radius 2 is 1.97 bits per heavy atom. The van der Waals surface area contributed by atoms with Crippen molar-refractivity contribution in [1.29, 1.82) is 0 Å². The van der Waals surface area contributed by atoms with E-state index in [4.69, 9.17) is 10.5 Å². The molecule has 0 bridgehead atoms. The summed E-state index contributed by atoms with van der Waals surface area (Å²) in [7, 11) is 0. The van der Waals surface area contributed by atoms with E-state index in [2.05, 4.69) is 14.2 Å². The monoisotopic (exact) mass is 502 g/mol. The molecule has 0 radical (unpaired) electrons. The molecule has 0 fully saturated rings. The Balaban J connectivity index is 1.60. The van der Waals surface area contributed by atoms with Gasteiger partial charge in [-0.2, -0.15) is 4.31 Å². The summed E-state index contributed by atoms with van der Waals surface area (Å²) in [6.07, 6.45) is 2.75. The first-order valence-electron chi connectivity index (χ1n) is 10.4.